The van der Waals surface area contributed by atoms with E-state index in [4.69, 9.17) is 10.2 Å². The summed E-state index contributed by atoms with van der Waals surface area (Å²) >= 11 is 1.52. The van der Waals surface area contributed by atoms with Crippen LogP contribution in [-0.2, 0) is 12.0 Å². The van der Waals surface area contributed by atoms with Crippen molar-refractivity contribution in [2.45, 2.75) is 54.5 Å². The third-order valence-corrected chi connectivity index (χ3v) is 9.07. The van der Waals surface area contributed by atoms with Gasteiger partial charge in [-0.15, -0.1) is 16.1 Å². The van der Waals surface area contributed by atoms with Gasteiger partial charge in [0.05, 0.1) is 17.1 Å². The standard InChI is InChI=1S/C38H33N5O2S/c1-3-12-30-15-11-20-43(30)36(44)29-22-27(32-18-10-19-34(33(32)25-39)46-31-16-8-5-9-17-31)21-28(23-29)35-41-42-37(45-35)38(2,40)24-26-13-6-4-7-14-26/h4-10,13-14,16-19,21-23,30H,11,15,20,24,40H2,1-2H3/t30?,38-/m1/s1. The van der Waals surface area contributed by atoms with E-state index in [0.717, 1.165) is 28.2 Å². The first-order valence-electron chi connectivity index (χ1n) is 15.2. The van der Waals surface area contributed by atoms with Gasteiger partial charge in [-0.2, -0.15) is 5.26 Å². The van der Waals surface area contributed by atoms with Gasteiger partial charge in [-0.25, -0.2) is 0 Å². The SMILES string of the molecule is CC#CC1CCCN1C(=O)c1cc(-c2nnc([C@](C)(N)Cc3ccccc3)o2)cc(-c2cccc(Sc3ccccc3)c2C#N)c1. The summed E-state index contributed by atoms with van der Waals surface area (Å²) in [6.45, 7) is 4.28. The lowest BCUT2D eigenvalue weighted by Crippen LogP contribution is -2.35. The molecule has 0 bridgehead atoms. The molecule has 1 unspecified atom stereocenters. The fourth-order valence-electron chi connectivity index (χ4n) is 5.78. The molecule has 228 valence electrons. The molecule has 1 saturated heterocycles. The minimum atomic E-state index is -0.915. The first kappa shape index (κ1) is 30.9. The summed E-state index contributed by atoms with van der Waals surface area (Å²) < 4.78 is 6.21. The number of likely N-dealkylation sites (tertiary alicyclic amines) is 1. The summed E-state index contributed by atoms with van der Waals surface area (Å²) in [6.07, 6.45) is 2.23. The highest BCUT2D eigenvalue weighted by Gasteiger charge is 2.31. The third kappa shape index (κ3) is 6.60. The Morgan fingerprint density at radius 3 is 2.50 bits per heavy atom. The zero-order chi connectivity index (χ0) is 32.1. The van der Waals surface area contributed by atoms with E-state index in [2.05, 4.69) is 28.1 Å². The monoisotopic (exact) mass is 623 g/mol. The second-order valence-corrected chi connectivity index (χ2v) is 12.7. The van der Waals surface area contributed by atoms with Crippen molar-refractivity contribution in [3.8, 4) is 40.5 Å². The summed E-state index contributed by atoms with van der Waals surface area (Å²) in [5.74, 6) is 6.56. The zero-order valence-corrected chi connectivity index (χ0v) is 26.6. The number of carbonyl (C=O) groups excluding carboxylic acids is 1. The summed E-state index contributed by atoms with van der Waals surface area (Å²) in [7, 11) is 0. The topological polar surface area (TPSA) is 109 Å². The molecule has 7 nitrogen and oxygen atoms in total. The van der Waals surface area contributed by atoms with Crippen LogP contribution in [0.5, 0.6) is 0 Å². The molecule has 0 radical (unpaired) electrons. The molecule has 8 heteroatoms. The van der Waals surface area contributed by atoms with Gasteiger partial charge < -0.3 is 15.1 Å². The Labute approximate surface area is 273 Å². The highest BCUT2D eigenvalue weighted by molar-refractivity contribution is 7.99. The van der Waals surface area contributed by atoms with E-state index < -0.39 is 5.54 Å². The molecule has 1 aromatic heterocycles. The molecular weight excluding hydrogens is 591 g/mol. The van der Waals surface area contributed by atoms with Gasteiger partial charge in [0.25, 0.3) is 5.91 Å². The van der Waals surface area contributed by atoms with Crippen molar-refractivity contribution >= 4 is 17.7 Å². The lowest BCUT2D eigenvalue weighted by molar-refractivity contribution is 0.0766. The molecule has 1 aliphatic heterocycles. The second kappa shape index (κ2) is 13.5. The minimum absolute atomic E-state index is 0.130. The number of nitriles is 1. The van der Waals surface area contributed by atoms with Crippen molar-refractivity contribution in [1.29, 1.82) is 5.26 Å². The number of aromatic nitrogens is 2. The van der Waals surface area contributed by atoms with Crippen molar-refractivity contribution < 1.29 is 9.21 Å². The summed E-state index contributed by atoms with van der Waals surface area (Å²) in [5.41, 5.74) is 9.78. The maximum absolute atomic E-state index is 14.0. The van der Waals surface area contributed by atoms with E-state index in [1.807, 2.05) is 103 Å². The van der Waals surface area contributed by atoms with E-state index in [0.29, 0.717) is 46.7 Å². The van der Waals surface area contributed by atoms with E-state index in [1.165, 1.54) is 11.8 Å². The van der Waals surface area contributed by atoms with Crippen LogP contribution >= 0.6 is 11.8 Å². The predicted octanol–water partition coefficient (Wildman–Crippen LogP) is 7.47. The predicted molar refractivity (Wildman–Crippen MR) is 180 cm³/mol. The van der Waals surface area contributed by atoms with Crippen LogP contribution in [0.25, 0.3) is 22.6 Å². The molecule has 0 saturated carbocycles. The maximum Gasteiger partial charge on any atom is 0.254 e. The van der Waals surface area contributed by atoms with Crippen molar-refractivity contribution in [3.63, 3.8) is 0 Å². The zero-order valence-electron chi connectivity index (χ0n) is 25.7. The van der Waals surface area contributed by atoms with Gasteiger partial charge in [-0.05, 0) is 80.6 Å². The Morgan fingerprint density at radius 2 is 1.76 bits per heavy atom. The molecule has 2 N–H and O–H groups in total. The van der Waals surface area contributed by atoms with Crippen molar-refractivity contribution in [2.24, 2.45) is 5.73 Å². The molecule has 1 fully saturated rings. The summed E-state index contributed by atoms with van der Waals surface area (Å²) in [5, 5.41) is 19.1. The van der Waals surface area contributed by atoms with Gasteiger partial charge in [0.2, 0.25) is 11.8 Å². The number of benzene rings is 4. The number of amides is 1. The van der Waals surface area contributed by atoms with Gasteiger partial charge in [0.15, 0.2) is 0 Å². The quantitative estimate of drug-likeness (QED) is 0.179. The van der Waals surface area contributed by atoms with Gasteiger partial charge in [0, 0.05) is 33.0 Å². The van der Waals surface area contributed by atoms with Crippen molar-refractivity contribution in [3.05, 3.63) is 120 Å². The maximum atomic E-state index is 14.0. The van der Waals surface area contributed by atoms with Gasteiger partial charge in [-0.3, -0.25) is 4.79 Å². The number of nitrogens with two attached hydrogens (primary N) is 1. The molecule has 1 aliphatic rings. The Hall–Kier alpha value is -5.15. The molecule has 2 atom stereocenters. The summed E-state index contributed by atoms with van der Waals surface area (Å²) in [4.78, 5) is 17.7. The smallest absolute Gasteiger partial charge is 0.254 e. The molecule has 1 amide bonds. The van der Waals surface area contributed by atoms with E-state index in [9.17, 15) is 10.1 Å². The fourth-order valence-corrected chi connectivity index (χ4v) is 6.73. The van der Waals surface area contributed by atoms with E-state index in [1.54, 1.807) is 13.0 Å². The van der Waals surface area contributed by atoms with Crippen LogP contribution in [0.15, 0.2) is 111 Å². The van der Waals surface area contributed by atoms with Gasteiger partial charge in [0.1, 0.15) is 6.07 Å². The lowest BCUT2D eigenvalue weighted by Gasteiger charge is -2.22. The highest BCUT2D eigenvalue weighted by atomic mass is 32.2. The van der Waals surface area contributed by atoms with Crippen LogP contribution in [0.1, 0.15) is 54.1 Å². The molecular formula is C38H33N5O2S. The van der Waals surface area contributed by atoms with Crippen LogP contribution in [0, 0.1) is 23.2 Å². The van der Waals surface area contributed by atoms with Crippen LogP contribution < -0.4 is 5.73 Å². The summed E-state index contributed by atoms with van der Waals surface area (Å²) in [6, 6.07) is 33.4. The van der Waals surface area contributed by atoms with E-state index in [-0.39, 0.29) is 17.8 Å². The Morgan fingerprint density at radius 1 is 1.02 bits per heavy atom. The average molecular weight is 624 g/mol. The molecule has 46 heavy (non-hydrogen) atoms. The van der Waals surface area contributed by atoms with Crippen LogP contribution in [0.4, 0.5) is 0 Å². The van der Waals surface area contributed by atoms with Gasteiger partial charge in [-0.1, -0.05) is 78.3 Å². The molecule has 5 aromatic rings. The van der Waals surface area contributed by atoms with Crippen LogP contribution in [-0.4, -0.2) is 33.6 Å². The van der Waals surface area contributed by atoms with Crippen LogP contribution in [0.2, 0.25) is 0 Å². The minimum Gasteiger partial charge on any atom is -0.419 e. The number of hydrogen-bond donors (Lipinski definition) is 1. The van der Waals surface area contributed by atoms with Crippen LogP contribution in [0.3, 0.4) is 0 Å². The molecule has 6 rings (SSSR count). The average Bonchev–Trinajstić information content (AvgIpc) is 3.76. The second-order valence-electron chi connectivity index (χ2n) is 11.5. The first-order chi connectivity index (χ1) is 22.4. The number of rotatable bonds is 8. The third-order valence-electron chi connectivity index (χ3n) is 8.00. The largest absolute Gasteiger partial charge is 0.419 e. The van der Waals surface area contributed by atoms with Crippen molar-refractivity contribution in [1.82, 2.24) is 15.1 Å². The normalized spacial score (nSPS) is 15.4. The highest BCUT2D eigenvalue weighted by Crippen LogP contribution is 2.38. The fraction of sp³-hybridized carbons (Fsp3) is 0.211. The number of hydrogen-bond acceptors (Lipinski definition) is 7. The van der Waals surface area contributed by atoms with E-state index >= 15 is 0 Å². The lowest BCUT2D eigenvalue weighted by atomic mass is 9.94. The number of nitrogens with zero attached hydrogens (tertiary/aromatic N) is 4. The molecule has 0 spiro atoms. The first-order valence-corrected chi connectivity index (χ1v) is 16.0. The Kier molecular flexibility index (Phi) is 9.03. The Balaban J connectivity index is 1.43. The Bertz CT molecular complexity index is 1970. The van der Waals surface area contributed by atoms with Crippen molar-refractivity contribution in [2.75, 3.05) is 6.54 Å². The molecule has 2 heterocycles. The molecule has 0 aliphatic carbocycles. The van der Waals surface area contributed by atoms with Gasteiger partial charge >= 0.3 is 0 Å². The molecule has 4 aromatic carbocycles. The number of carbonyl (C=O) groups is 1.